The largest absolute Gasteiger partial charge is 0.376 e. The summed E-state index contributed by atoms with van der Waals surface area (Å²) in [5.74, 6) is 1.14. The Balaban J connectivity index is 1.67. The van der Waals surface area contributed by atoms with E-state index in [0.717, 1.165) is 12.0 Å². The number of hydrogen-bond acceptors (Lipinski definition) is 2. The maximum Gasteiger partial charge on any atom is 0.140 e. The van der Waals surface area contributed by atoms with Crippen molar-refractivity contribution in [1.29, 1.82) is 0 Å². The molecule has 0 radical (unpaired) electrons. The van der Waals surface area contributed by atoms with E-state index < -0.39 is 0 Å². The topological polar surface area (TPSA) is 26.3 Å². The van der Waals surface area contributed by atoms with Crippen molar-refractivity contribution in [2.45, 2.75) is 45.1 Å². The molecule has 2 atom stereocenters. The van der Waals surface area contributed by atoms with Crippen molar-refractivity contribution in [3.63, 3.8) is 0 Å². The van der Waals surface area contributed by atoms with Crippen molar-refractivity contribution in [1.82, 2.24) is 0 Å². The van der Waals surface area contributed by atoms with E-state index in [4.69, 9.17) is 4.74 Å². The molecule has 0 spiro atoms. The van der Waals surface area contributed by atoms with Gasteiger partial charge < -0.3 is 4.74 Å². The summed E-state index contributed by atoms with van der Waals surface area (Å²) in [6.45, 7) is 5.65. The Morgan fingerprint density at radius 3 is 2.62 bits per heavy atom. The van der Waals surface area contributed by atoms with Gasteiger partial charge in [0.1, 0.15) is 5.78 Å². The molecule has 0 saturated heterocycles. The number of rotatable bonds is 6. The lowest BCUT2D eigenvalue weighted by Crippen LogP contribution is -2.18. The minimum absolute atomic E-state index is 0.000488. The van der Waals surface area contributed by atoms with Crippen LogP contribution in [0.4, 0.5) is 0 Å². The van der Waals surface area contributed by atoms with Gasteiger partial charge in [0.2, 0.25) is 0 Å². The maximum atomic E-state index is 12.4. The van der Waals surface area contributed by atoms with E-state index >= 15 is 0 Å². The first kappa shape index (κ1) is 16.9. The minimum atomic E-state index is -0.000488. The second kappa shape index (κ2) is 7.76. The number of benzene rings is 2. The number of ketones is 1. The quantitative estimate of drug-likeness (QED) is 0.740. The molecular weight excluding hydrogens is 296 g/mol. The van der Waals surface area contributed by atoms with Gasteiger partial charge in [-0.1, -0.05) is 68.4 Å². The standard InChI is InChI=1S/C22H26O2/c1-16(2)18-9-6-10-19(13-18)22-20(11-12-21(22)23)15-24-14-17-7-4-3-5-8-17/h3-10,13,16,20,22H,11-12,14-15H2,1-2H3. The molecule has 3 rings (SSSR count). The second-order valence-electron chi connectivity index (χ2n) is 7.07. The van der Waals surface area contributed by atoms with Crippen LogP contribution in [-0.2, 0) is 16.1 Å². The lowest BCUT2D eigenvalue weighted by Gasteiger charge is -2.20. The van der Waals surface area contributed by atoms with Crippen molar-refractivity contribution < 1.29 is 9.53 Å². The third-order valence-corrected chi connectivity index (χ3v) is 4.96. The molecule has 24 heavy (non-hydrogen) atoms. The molecule has 2 aromatic carbocycles. The van der Waals surface area contributed by atoms with Gasteiger partial charge in [-0.15, -0.1) is 0 Å². The van der Waals surface area contributed by atoms with Crippen molar-refractivity contribution in [3.05, 3.63) is 71.3 Å². The Bertz CT molecular complexity index is 675. The number of hydrogen-bond donors (Lipinski definition) is 0. The van der Waals surface area contributed by atoms with E-state index in [9.17, 15) is 4.79 Å². The zero-order chi connectivity index (χ0) is 16.9. The first-order valence-electron chi connectivity index (χ1n) is 8.89. The maximum absolute atomic E-state index is 12.4. The third-order valence-electron chi connectivity index (χ3n) is 4.96. The molecule has 1 fully saturated rings. The van der Waals surface area contributed by atoms with E-state index in [2.05, 4.69) is 50.2 Å². The fourth-order valence-corrected chi connectivity index (χ4v) is 3.56. The third kappa shape index (κ3) is 3.93. The van der Waals surface area contributed by atoms with E-state index in [1.54, 1.807) is 0 Å². The molecule has 2 unspecified atom stereocenters. The zero-order valence-electron chi connectivity index (χ0n) is 14.6. The predicted molar refractivity (Wildman–Crippen MR) is 97.1 cm³/mol. The molecule has 126 valence electrons. The predicted octanol–water partition coefficient (Wildman–Crippen LogP) is 5.09. The summed E-state index contributed by atoms with van der Waals surface area (Å²) in [7, 11) is 0. The lowest BCUT2D eigenvalue weighted by atomic mass is 9.86. The fourth-order valence-electron chi connectivity index (χ4n) is 3.56. The monoisotopic (exact) mass is 322 g/mol. The van der Waals surface area contributed by atoms with Gasteiger partial charge in [-0.05, 0) is 34.9 Å². The molecular formula is C22H26O2. The normalized spacial score (nSPS) is 20.7. The Labute approximate surface area is 144 Å². The molecule has 2 nitrogen and oxygen atoms in total. The molecule has 0 aliphatic heterocycles. The zero-order valence-corrected chi connectivity index (χ0v) is 14.6. The second-order valence-corrected chi connectivity index (χ2v) is 7.07. The van der Waals surface area contributed by atoms with Crippen LogP contribution in [0.5, 0.6) is 0 Å². The molecule has 1 aliphatic carbocycles. The highest BCUT2D eigenvalue weighted by molar-refractivity contribution is 5.88. The SMILES string of the molecule is CC(C)c1cccc(C2C(=O)CCC2COCc2ccccc2)c1. The summed E-state index contributed by atoms with van der Waals surface area (Å²) >= 11 is 0. The van der Waals surface area contributed by atoms with Gasteiger partial charge in [0.25, 0.3) is 0 Å². The minimum Gasteiger partial charge on any atom is -0.376 e. The molecule has 0 bridgehead atoms. The molecule has 0 aromatic heterocycles. The number of ether oxygens (including phenoxy) is 1. The summed E-state index contributed by atoms with van der Waals surface area (Å²) in [5, 5.41) is 0. The number of Topliss-reactive ketones (excluding diaryl/α,β-unsaturated/α-hetero) is 1. The summed E-state index contributed by atoms with van der Waals surface area (Å²) in [6.07, 6.45) is 1.61. The Kier molecular flexibility index (Phi) is 5.47. The Morgan fingerprint density at radius 1 is 1.08 bits per heavy atom. The number of carbonyl (C=O) groups is 1. The number of carbonyl (C=O) groups excluding carboxylic acids is 1. The lowest BCUT2D eigenvalue weighted by molar-refractivity contribution is -0.119. The van der Waals surface area contributed by atoms with Crippen LogP contribution in [0.2, 0.25) is 0 Å². The summed E-state index contributed by atoms with van der Waals surface area (Å²) < 4.78 is 5.93. The van der Waals surface area contributed by atoms with Crippen LogP contribution in [0.25, 0.3) is 0 Å². The van der Waals surface area contributed by atoms with Crippen LogP contribution in [0.1, 0.15) is 55.2 Å². The van der Waals surface area contributed by atoms with Gasteiger partial charge in [-0.3, -0.25) is 4.79 Å². The molecule has 0 amide bonds. The van der Waals surface area contributed by atoms with Crippen molar-refractivity contribution >= 4 is 5.78 Å². The van der Waals surface area contributed by atoms with Crippen LogP contribution < -0.4 is 0 Å². The summed E-state index contributed by atoms with van der Waals surface area (Å²) in [6, 6.07) is 18.7. The van der Waals surface area contributed by atoms with E-state index in [1.165, 1.54) is 11.1 Å². The van der Waals surface area contributed by atoms with Crippen LogP contribution >= 0.6 is 0 Å². The van der Waals surface area contributed by atoms with E-state index in [0.29, 0.717) is 37.3 Å². The van der Waals surface area contributed by atoms with Crippen LogP contribution in [-0.4, -0.2) is 12.4 Å². The van der Waals surface area contributed by atoms with Crippen LogP contribution in [0, 0.1) is 5.92 Å². The van der Waals surface area contributed by atoms with Gasteiger partial charge in [-0.25, -0.2) is 0 Å². The van der Waals surface area contributed by atoms with E-state index in [-0.39, 0.29) is 5.92 Å². The highest BCUT2D eigenvalue weighted by Crippen LogP contribution is 2.38. The molecule has 0 heterocycles. The average Bonchev–Trinajstić information content (AvgIpc) is 2.96. The average molecular weight is 322 g/mol. The Morgan fingerprint density at radius 2 is 1.88 bits per heavy atom. The molecule has 2 heteroatoms. The van der Waals surface area contributed by atoms with Crippen molar-refractivity contribution in [2.75, 3.05) is 6.61 Å². The van der Waals surface area contributed by atoms with Gasteiger partial charge in [0.15, 0.2) is 0 Å². The van der Waals surface area contributed by atoms with Crippen molar-refractivity contribution in [3.8, 4) is 0 Å². The first-order valence-corrected chi connectivity index (χ1v) is 8.89. The van der Waals surface area contributed by atoms with Gasteiger partial charge >= 0.3 is 0 Å². The van der Waals surface area contributed by atoms with Gasteiger partial charge in [-0.2, -0.15) is 0 Å². The van der Waals surface area contributed by atoms with Crippen LogP contribution in [0.15, 0.2) is 54.6 Å². The first-order chi connectivity index (χ1) is 11.6. The molecule has 1 aliphatic rings. The van der Waals surface area contributed by atoms with E-state index in [1.807, 2.05) is 18.2 Å². The van der Waals surface area contributed by atoms with Gasteiger partial charge in [0, 0.05) is 12.3 Å². The van der Waals surface area contributed by atoms with Crippen molar-refractivity contribution in [2.24, 2.45) is 5.92 Å². The summed E-state index contributed by atoms with van der Waals surface area (Å²) in [5.41, 5.74) is 3.65. The van der Waals surface area contributed by atoms with Crippen LogP contribution in [0.3, 0.4) is 0 Å². The highest BCUT2D eigenvalue weighted by Gasteiger charge is 2.35. The van der Waals surface area contributed by atoms with Gasteiger partial charge in [0.05, 0.1) is 13.2 Å². The molecule has 0 N–H and O–H groups in total. The molecule has 2 aromatic rings. The Hall–Kier alpha value is -1.93. The summed E-state index contributed by atoms with van der Waals surface area (Å²) in [4.78, 5) is 12.4. The molecule has 1 saturated carbocycles. The smallest absolute Gasteiger partial charge is 0.140 e. The highest BCUT2D eigenvalue weighted by atomic mass is 16.5. The fraction of sp³-hybridized carbons (Fsp3) is 0.409.